The summed E-state index contributed by atoms with van der Waals surface area (Å²) in [5, 5.41) is 5.16. The summed E-state index contributed by atoms with van der Waals surface area (Å²) in [5.74, 6) is 0.604. The summed E-state index contributed by atoms with van der Waals surface area (Å²) in [5.41, 5.74) is 1.74. The van der Waals surface area contributed by atoms with Crippen molar-refractivity contribution in [2.75, 3.05) is 13.6 Å². The van der Waals surface area contributed by atoms with E-state index in [1.54, 1.807) is 12.1 Å². The van der Waals surface area contributed by atoms with Crippen LogP contribution in [0.2, 0.25) is 0 Å². The maximum absolute atomic E-state index is 11.6. The van der Waals surface area contributed by atoms with Gasteiger partial charge >= 0.3 is 16.3 Å². The van der Waals surface area contributed by atoms with Crippen molar-refractivity contribution < 1.29 is 26.9 Å². The zero-order chi connectivity index (χ0) is 19.8. The van der Waals surface area contributed by atoms with E-state index in [1.807, 2.05) is 12.1 Å². The topological polar surface area (TPSA) is 108 Å². The predicted molar refractivity (Wildman–Crippen MR) is 99.2 cm³/mol. The number of benzene rings is 1. The first-order valence-corrected chi connectivity index (χ1v) is 10.8. The van der Waals surface area contributed by atoms with E-state index < -0.39 is 33.9 Å². The fourth-order valence-corrected chi connectivity index (χ4v) is 6.16. The first-order valence-electron chi connectivity index (χ1n) is 9.32. The van der Waals surface area contributed by atoms with Crippen LogP contribution in [0.4, 0.5) is 0 Å². The molecule has 2 N–H and O–H groups in total. The van der Waals surface area contributed by atoms with Gasteiger partial charge in [0.25, 0.3) is 0 Å². The summed E-state index contributed by atoms with van der Waals surface area (Å²) in [6.45, 7) is 2.20. The first-order chi connectivity index (χ1) is 13.2. The molecule has 2 heterocycles. The molecule has 150 valence electrons. The molecule has 0 amide bonds. The molecule has 2 aliphatic carbocycles. The molecule has 4 aliphatic rings. The molecule has 8 nitrogen and oxygen atoms in total. The number of piperidine rings is 1. The second-order valence-corrected chi connectivity index (χ2v) is 9.24. The molecule has 1 spiro atoms. The van der Waals surface area contributed by atoms with Crippen LogP contribution in [0.15, 0.2) is 24.3 Å². The first kappa shape index (κ1) is 18.1. The standard InChI is InChI=1S/C19H22N2O6S/c1-10(22)25-14-5-3-11-9-13-12-4-6-15(27-28(20,23)24)18-19(12,7-8-21(13)2)16(11)17(14)26-18/h3-6,12-13,15,18H,7-9H2,1-2H3,(H2,20,23,24)/t12-,13+,15-,18-,19-/m0/s1. The van der Waals surface area contributed by atoms with E-state index >= 15 is 0 Å². The third kappa shape index (κ3) is 2.40. The van der Waals surface area contributed by atoms with Gasteiger partial charge < -0.3 is 14.4 Å². The number of nitrogens with zero attached hydrogens (tertiary/aromatic N) is 1. The lowest BCUT2D eigenvalue weighted by Crippen LogP contribution is -2.65. The van der Waals surface area contributed by atoms with Gasteiger partial charge in [-0.15, -0.1) is 0 Å². The molecule has 1 aromatic rings. The molecule has 5 atom stereocenters. The zero-order valence-corrected chi connectivity index (χ0v) is 16.4. The van der Waals surface area contributed by atoms with Crippen molar-refractivity contribution in [1.82, 2.24) is 4.90 Å². The molecule has 5 rings (SSSR count). The van der Waals surface area contributed by atoms with Crippen LogP contribution in [0, 0.1) is 5.92 Å². The van der Waals surface area contributed by atoms with Gasteiger partial charge in [-0.1, -0.05) is 18.2 Å². The van der Waals surface area contributed by atoms with E-state index in [4.69, 9.17) is 18.8 Å². The highest BCUT2D eigenvalue weighted by atomic mass is 32.2. The van der Waals surface area contributed by atoms with E-state index in [9.17, 15) is 13.2 Å². The van der Waals surface area contributed by atoms with Crippen LogP contribution in [0.3, 0.4) is 0 Å². The predicted octanol–water partition coefficient (Wildman–Crippen LogP) is 0.646. The van der Waals surface area contributed by atoms with Crippen LogP contribution in [-0.4, -0.2) is 51.1 Å². The van der Waals surface area contributed by atoms with E-state index in [0.717, 1.165) is 30.5 Å². The highest BCUT2D eigenvalue weighted by Crippen LogP contribution is 2.62. The van der Waals surface area contributed by atoms with Crippen LogP contribution in [0.1, 0.15) is 24.5 Å². The lowest BCUT2D eigenvalue weighted by molar-refractivity contribution is -0.132. The fourth-order valence-electron chi connectivity index (χ4n) is 5.68. The average molecular weight is 406 g/mol. The number of likely N-dealkylation sites (tertiary alicyclic amines) is 1. The third-order valence-electron chi connectivity index (χ3n) is 6.61. The number of nitrogens with two attached hydrogens (primary N) is 1. The Bertz CT molecular complexity index is 1010. The number of hydrogen-bond acceptors (Lipinski definition) is 7. The summed E-state index contributed by atoms with van der Waals surface area (Å²) in [6, 6.07) is 4.02. The lowest BCUT2D eigenvalue weighted by Gasteiger charge is -2.56. The Morgan fingerprint density at radius 2 is 2.14 bits per heavy atom. The monoisotopic (exact) mass is 406 g/mol. The Kier molecular flexibility index (Phi) is 3.74. The van der Waals surface area contributed by atoms with Gasteiger partial charge in [0, 0.05) is 29.9 Å². The summed E-state index contributed by atoms with van der Waals surface area (Å²) < 4.78 is 40.2. The van der Waals surface area contributed by atoms with Crippen LogP contribution in [-0.2, 0) is 31.1 Å². The van der Waals surface area contributed by atoms with Crippen molar-refractivity contribution >= 4 is 16.3 Å². The van der Waals surface area contributed by atoms with Crippen LogP contribution in [0.5, 0.6) is 11.5 Å². The number of rotatable bonds is 3. The number of esters is 1. The summed E-state index contributed by atoms with van der Waals surface area (Å²) in [6.07, 6.45) is 4.04. The zero-order valence-electron chi connectivity index (χ0n) is 15.6. The Labute approximate surface area is 163 Å². The van der Waals surface area contributed by atoms with Gasteiger partial charge in [0.05, 0.1) is 0 Å². The van der Waals surface area contributed by atoms with Gasteiger partial charge in [-0.05, 0) is 38.1 Å². The SMILES string of the molecule is CC(=O)Oc1ccc2c3c1O[C@H]1[C@@H](OS(N)(=O)=O)C=C[C@H]4[C@@H](C2)N(C)CC[C@@]341. The molecule has 0 unspecified atom stereocenters. The summed E-state index contributed by atoms with van der Waals surface area (Å²) in [4.78, 5) is 13.9. The van der Waals surface area contributed by atoms with Gasteiger partial charge in [0.15, 0.2) is 11.5 Å². The van der Waals surface area contributed by atoms with E-state index in [2.05, 4.69) is 11.9 Å². The van der Waals surface area contributed by atoms with Crippen molar-refractivity contribution in [2.24, 2.45) is 11.1 Å². The molecule has 0 radical (unpaired) electrons. The number of carbonyl (C=O) groups is 1. The van der Waals surface area contributed by atoms with Gasteiger partial charge in [-0.25, -0.2) is 9.32 Å². The minimum Gasteiger partial charge on any atom is -0.482 e. The highest BCUT2D eigenvalue weighted by Gasteiger charge is 2.65. The largest absolute Gasteiger partial charge is 0.482 e. The van der Waals surface area contributed by atoms with Gasteiger partial charge in [-0.2, -0.15) is 8.42 Å². The van der Waals surface area contributed by atoms with E-state index in [1.165, 1.54) is 6.92 Å². The normalized spacial score (nSPS) is 35.2. The fraction of sp³-hybridized carbons (Fsp3) is 0.526. The number of ether oxygens (including phenoxy) is 2. The molecule has 9 heteroatoms. The molecule has 28 heavy (non-hydrogen) atoms. The molecule has 2 aliphatic heterocycles. The van der Waals surface area contributed by atoms with Gasteiger partial charge in [-0.3, -0.25) is 4.79 Å². The highest BCUT2D eigenvalue weighted by molar-refractivity contribution is 7.84. The quantitative estimate of drug-likeness (QED) is 0.446. The second kappa shape index (κ2) is 5.79. The minimum absolute atomic E-state index is 0.151. The molecule has 1 aromatic carbocycles. The molecular formula is C19H22N2O6S. The second-order valence-electron chi connectivity index (χ2n) is 8.07. The van der Waals surface area contributed by atoms with Crippen molar-refractivity contribution in [3.63, 3.8) is 0 Å². The van der Waals surface area contributed by atoms with Crippen LogP contribution >= 0.6 is 0 Å². The van der Waals surface area contributed by atoms with Crippen molar-refractivity contribution in [1.29, 1.82) is 0 Å². The smallest absolute Gasteiger partial charge is 0.333 e. The summed E-state index contributed by atoms with van der Waals surface area (Å²) in [7, 11) is -2.04. The molecule has 1 saturated heterocycles. The number of likely N-dealkylation sites (N-methyl/N-ethyl adjacent to an activating group) is 1. The average Bonchev–Trinajstić information content (AvgIpc) is 2.95. The van der Waals surface area contributed by atoms with E-state index in [0.29, 0.717) is 11.5 Å². The molecule has 2 bridgehead atoms. The number of hydrogen-bond donors (Lipinski definition) is 1. The van der Waals surface area contributed by atoms with Gasteiger partial charge in [0.2, 0.25) is 0 Å². The van der Waals surface area contributed by atoms with Crippen molar-refractivity contribution in [3.05, 3.63) is 35.4 Å². The Morgan fingerprint density at radius 3 is 2.86 bits per heavy atom. The van der Waals surface area contributed by atoms with Crippen LogP contribution < -0.4 is 14.6 Å². The van der Waals surface area contributed by atoms with Gasteiger partial charge in [0.1, 0.15) is 12.2 Å². The Morgan fingerprint density at radius 1 is 1.36 bits per heavy atom. The number of carbonyl (C=O) groups excluding carboxylic acids is 1. The Balaban J connectivity index is 1.71. The minimum atomic E-state index is -4.16. The molecule has 1 fully saturated rings. The molecule has 0 saturated carbocycles. The summed E-state index contributed by atoms with van der Waals surface area (Å²) >= 11 is 0. The maximum atomic E-state index is 11.6. The molecule has 0 aromatic heterocycles. The molecular weight excluding hydrogens is 384 g/mol. The van der Waals surface area contributed by atoms with Crippen molar-refractivity contribution in [2.45, 2.75) is 43.4 Å². The van der Waals surface area contributed by atoms with Crippen molar-refractivity contribution in [3.8, 4) is 11.5 Å². The third-order valence-corrected chi connectivity index (χ3v) is 7.10. The Hall–Kier alpha value is -1.94. The van der Waals surface area contributed by atoms with E-state index in [-0.39, 0.29) is 12.0 Å². The maximum Gasteiger partial charge on any atom is 0.333 e. The van der Waals surface area contributed by atoms with Crippen LogP contribution in [0.25, 0.3) is 0 Å². The lowest BCUT2D eigenvalue weighted by atomic mass is 9.53.